The van der Waals surface area contributed by atoms with Crippen LogP contribution in [0.15, 0.2) is 94.8 Å². The molecule has 0 spiro atoms. The van der Waals surface area contributed by atoms with Crippen LogP contribution in [0.5, 0.6) is 5.75 Å². The zero-order valence-electron chi connectivity index (χ0n) is 20.8. The molecule has 0 aliphatic rings. The molecule has 8 heteroatoms. The van der Waals surface area contributed by atoms with E-state index >= 15 is 0 Å². The SMILES string of the molecule is C\C=C(/C=C\C(=C\CC)CNCc1cc2ccc(Cl)cc2n(CCOc2ccccc2)c1=O)C(F)(F)F. The molecule has 1 heterocycles. The standard InChI is InChI=1S/C29H30ClF3N2O2/c1-3-8-21(11-13-24(4-2)29(31,32)33)19-34-20-23-17-22-12-14-25(30)18-27(22)35(28(23)36)15-16-37-26-9-6-5-7-10-26/h4-14,17-18,34H,3,15-16,19-20H2,1-2H3/b13-11-,21-8-,24-4+. The topological polar surface area (TPSA) is 43.3 Å². The number of halogens is 4. The molecule has 37 heavy (non-hydrogen) atoms. The van der Waals surface area contributed by atoms with Gasteiger partial charge in [0.05, 0.1) is 17.6 Å². The highest BCUT2D eigenvalue weighted by atomic mass is 35.5. The fourth-order valence-corrected chi connectivity index (χ4v) is 4.05. The molecule has 0 bridgehead atoms. The van der Waals surface area contributed by atoms with Crippen molar-refractivity contribution in [3.63, 3.8) is 0 Å². The molecule has 3 aromatic rings. The molecular weight excluding hydrogens is 501 g/mol. The van der Waals surface area contributed by atoms with E-state index in [9.17, 15) is 18.0 Å². The summed E-state index contributed by atoms with van der Waals surface area (Å²) in [5.41, 5.74) is 1.07. The van der Waals surface area contributed by atoms with Crippen LogP contribution in [0.4, 0.5) is 13.2 Å². The second-order valence-electron chi connectivity index (χ2n) is 8.36. The Morgan fingerprint density at radius 1 is 1.11 bits per heavy atom. The van der Waals surface area contributed by atoms with Crippen molar-refractivity contribution in [3.05, 3.63) is 111 Å². The van der Waals surface area contributed by atoms with Gasteiger partial charge in [0.2, 0.25) is 0 Å². The number of allylic oxidation sites excluding steroid dienone is 4. The highest BCUT2D eigenvalue weighted by Crippen LogP contribution is 2.26. The number of fused-ring (bicyclic) bond motifs is 1. The van der Waals surface area contributed by atoms with Crippen molar-refractivity contribution in [2.45, 2.75) is 39.5 Å². The number of para-hydroxylation sites is 1. The van der Waals surface area contributed by atoms with Crippen LogP contribution in [-0.2, 0) is 13.1 Å². The van der Waals surface area contributed by atoms with Gasteiger partial charge in [0, 0.05) is 23.7 Å². The van der Waals surface area contributed by atoms with Crippen molar-refractivity contribution >= 4 is 22.5 Å². The first kappa shape index (κ1) is 28.3. The number of nitrogens with zero attached hydrogens (tertiary/aromatic N) is 1. The fourth-order valence-electron chi connectivity index (χ4n) is 3.88. The Kier molecular flexibility index (Phi) is 10.2. The maximum Gasteiger partial charge on any atom is 0.416 e. The number of hydrogen-bond donors (Lipinski definition) is 1. The molecule has 0 unspecified atom stereocenters. The monoisotopic (exact) mass is 530 g/mol. The van der Waals surface area contributed by atoms with Crippen LogP contribution in [-0.4, -0.2) is 23.9 Å². The number of benzene rings is 2. The van der Waals surface area contributed by atoms with Crippen LogP contribution >= 0.6 is 11.6 Å². The van der Waals surface area contributed by atoms with Gasteiger partial charge >= 0.3 is 6.18 Å². The van der Waals surface area contributed by atoms with Crippen molar-refractivity contribution in [3.8, 4) is 5.75 Å². The lowest BCUT2D eigenvalue weighted by molar-refractivity contribution is -0.0883. The Bertz CT molecular complexity index is 1340. The molecule has 4 nitrogen and oxygen atoms in total. The molecule has 0 saturated heterocycles. The van der Waals surface area contributed by atoms with Gasteiger partial charge in [-0.05, 0) is 54.6 Å². The zero-order valence-corrected chi connectivity index (χ0v) is 21.6. The van der Waals surface area contributed by atoms with Crippen molar-refractivity contribution in [1.82, 2.24) is 9.88 Å². The van der Waals surface area contributed by atoms with Crippen molar-refractivity contribution < 1.29 is 17.9 Å². The number of nitrogens with one attached hydrogen (secondary N) is 1. The average Bonchev–Trinajstić information content (AvgIpc) is 2.86. The van der Waals surface area contributed by atoms with Gasteiger partial charge < -0.3 is 14.6 Å². The van der Waals surface area contributed by atoms with Crippen LogP contribution in [0.25, 0.3) is 10.9 Å². The summed E-state index contributed by atoms with van der Waals surface area (Å²) in [6.07, 6.45) is 1.69. The van der Waals surface area contributed by atoms with Gasteiger partial charge in [-0.2, -0.15) is 13.2 Å². The fraction of sp³-hybridized carbons (Fsp3) is 0.276. The Balaban J connectivity index is 1.77. The smallest absolute Gasteiger partial charge is 0.416 e. The Hall–Kier alpha value is -3.29. The summed E-state index contributed by atoms with van der Waals surface area (Å²) in [4.78, 5) is 13.4. The zero-order chi connectivity index (χ0) is 26.8. The van der Waals surface area contributed by atoms with E-state index in [1.165, 1.54) is 13.0 Å². The summed E-state index contributed by atoms with van der Waals surface area (Å²) >= 11 is 6.21. The predicted molar refractivity (Wildman–Crippen MR) is 144 cm³/mol. The summed E-state index contributed by atoms with van der Waals surface area (Å²) in [7, 11) is 0. The molecule has 0 fully saturated rings. The molecule has 0 atom stereocenters. The highest BCUT2D eigenvalue weighted by molar-refractivity contribution is 6.31. The molecule has 2 aromatic carbocycles. The van der Waals surface area contributed by atoms with E-state index in [1.807, 2.05) is 55.5 Å². The minimum Gasteiger partial charge on any atom is -0.492 e. The van der Waals surface area contributed by atoms with E-state index in [2.05, 4.69) is 5.32 Å². The lowest BCUT2D eigenvalue weighted by Crippen LogP contribution is -2.29. The molecule has 196 valence electrons. The van der Waals surface area contributed by atoms with E-state index < -0.39 is 11.7 Å². The third-order valence-electron chi connectivity index (χ3n) is 5.69. The van der Waals surface area contributed by atoms with Crippen LogP contribution in [0.2, 0.25) is 5.02 Å². The lowest BCUT2D eigenvalue weighted by atomic mass is 10.1. The first-order valence-electron chi connectivity index (χ1n) is 12.0. The van der Waals surface area contributed by atoms with E-state index in [1.54, 1.807) is 16.7 Å². The maximum atomic E-state index is 13.4. The summed E-state index contributed by atoms with van der Waals surface area (Å²) in [5.74, 6) is 0.714. The number of alkyl halides is 3. The van der Waals surface area contributed by atoms with Crippen molar-refractivity contribution in [2.75, 3.05) is 13.2 Å². The Morgan fingerprint density at radius 3 is 2.54 bits per heavy atom. The molecule has 1 N–H and O–H groups in total. The molecule has 0 aliphatic carbocycles. The Morgan fingerprint density at radius 2 is 1.86 bits per heavy atom. The molecule has 0 saturated carbocycles. The maximum absolute atomic E-state index is 13.4. The third kappa shape index (κ3) is 8.10. The second-order valence-corrected chi connectivity index (χ2v) is 8.79. The van der Waals surface area contributed by atoms with Crippen LogP contribution in [0.3, 0.4) is 0 Å². The van der Waals surface area contributed by atoms with Gasteiger partial charge in [-0.15, -0.1) is 0 Å². The largest absolute Gasteiger partial charge is 0.492 e. The van der Waals surface area contributed by atoms with Gasteiger partial charge in [-0.25, -0.2) is 0 Å². The Labute approximate surface area is 219 Å². The van der Waals surface area contributed by atoms with E-state index in [-0.39, 0.29) is 12.1 Å². The molecule has 3 rings (SSSR count). The van der Waals surface area contributed by atoms with E-state index in [4.69, 9.17) is 16.3 Å². The van der Waals surface area contributed by atoms with Crippen molar-refractivity contribution in [1.29, 1.82) is 0 Å². The molecular formula is C29H30ClF3N2O2. The summed E-state index contributed by atoms with van der Waals surface area (Å²) in [6, 6.07) is 16.5. The van der Waals surface area contributed by atoms with E-state index in [0.717, 1.165) is 17.5 Å². The van der Waals surface area contributed by atoms with Gasteiger partial charge in [0.15, 0.2) is 0 Å². The van der Waals surface area contributed by atoms with Crippen molar-refractivity contribution in [2.24, 2.45) is 0 Å². The normalized spacial score (nSPS) is 13.0. The number of hydrogen-bond acceptors (Lipinski definition) is 3. The number of ether oxygens (including phenoxy) is 1. The quantitative estimate of drug-likeness (QED) is 0.266. The van der Waals surface area contributed by atoms with Gasteiger partial charge in [0.1, 0.15) is 12.4 Å². The van der Waals surface area contributed by atoms with Gasteiger partial charge in [0.25, 0.3) is 5.56 Å². The van der Waals surface area contributed by atoms with Gasteiger partial charge in [-0.3, -0.25) is 4.79 Å². The summed E-state index contributed by atoms with van der Waals surface area (Å²) in [5, 5.41) is 4.58. The number of pyridine rings is 1. The second kappa shape index (κ2) is 13.3. The minimum absolute atomic E-state index is 0.177. The minimum atomic E-state index is -4.40. The van der Waals surface area contributed by atoms with Crippen LogP contribution in [0.1, 0.15) is 25.8 Å². The number of aromatic nitrogens is 1. The average molecular weight is 531 g/mol. The first-order valence-corrected chi connectivity index (χ1v) is 12.4. The van der Waals surface area contributed by atoms with Crippen LogP contribution < -0.4 is 15.6 Å². The molecule has 0 amide bonds. The summed E-state index contributed by atoms with van der Waals surface area (Å²) < 4.78 is 46.6. The summed E-state index contributed by atoms with van der Waals surface area (Å²) in [6.45, 7) is 4.46. The molecule has 0 aliphatic heterocycles. The van der Waals surface area contributed by atoms with Gasteiger partial charge in [-0.1, -0.05) is 67.1 Å². The third-order valence-corrected chi connectivity index (χ3v) is 5.92. The van der Waals surface area contributed by atoms with E-state index in [0.29, 0.717) is 53.5 Å². The molecule has 0 radical (unpaired) electrons. The lowest BCUT2D eigenvalue weighted by Gasteiger charge is -2.15. The highest BCUT2D eigenvalue weighted by Gasteiger charge is 2.30. The molecule has 1 aromatic heterocycles. The predicted octanol–water partition coefficient (Wildman–Crippen LogP) is 7.22. The first-order chi connectivity index (χ1) is 17.7. The number of rotatable bonds is 11. The van der Waals surface area contributed by atoms with Crippen LogP contribution in [0, 0.1) is 0 Å².